The first-order chi connectivity index (χ1) is 9.79. The molecule has 0 aromatic carbocycles. The molecule has 0 saturated heterocycles. The van der Waals surface area contributed by atoms with Crippen LogP contribution in [-0.4, -0.2) is 23.0 Å². The topological polar surface area (TPSA) is 65.2 Å². The molecule has 0 aliphatic carbocycles. The normalized spacial score (nSPS) is 10.8. The van der Waals surface area contributed by atoms with E-state index < -0.39 is 5.97 Å². The molecule has 20 heavy (non-hydrogen) atoms. The third-order valence-corrected chi connectivity index (χ3v) is 4.58. The minimum absolute atomic E-state index is 0.246. The molecule has 0 N–H and O–H groups in total. The molecule has 0 fully saturated rings. The number of rotatable bonds is 4. The van der Waals surface area contributed by atoms with Gasteiger partial charge in [0.15, 0.2) is 0 Å². The fraction of sp³-hybridized carbons (Fsp3) is 0.154. The van der Waals surface area contributed by atoms with Crippen LogP contribution in [0.2, 0.25) is 0 Å². The van der Waals surface area contributed by atoms with E-state index in [0.29, 0.717) is 5.75 Å². The van der Waals surface area contributed by atoms with Crippen LogP contribution in [0.5, 0.6) is 0 Å². The van der Waals surface area contributed by atoms with Crippen LogP contribution in [0.4, 0.5) is 0 Å². The third kappa shape index (κ3) is 2.41. The number of thiophene rings is 1. The Kier molecular flexibility index (Phi) is 3.70. The molecule has 0 atom stereocenters. The van der Waals surface area contributed by atoms with Crippen molar-refractivity contribution in [1.82, 2.24) is 9.97 Å². The van der Waals surface area contributed by atoms with Crippen LogP contribution in [0.3, 0.4) is 0 Å². The van der Waals surface area contributed by atoms with Gasteiger partial charge in [0.1, 0.15) is 16.2 Å². The molecule has 102 valence electrons. The largest absolute Gasteiger partial charge is 0.463 e. The van der Waals surface area contributed by atoms with Crippen LogP contribution in [0.15, 0.2) is 39.5 Å². The van der Waals surface area contributed by atoms with Crippen molar-refractivity contribution in [2.24, 2.45) is 0 Å². The van der Waals surface area contributed by atoms with Crippen molar-refractivity contribution in [2.75, 3.05) is 7.11 Å². The van der Waals surface area contributed by atoms with Crippen molar-refractivity contribution < 1.29 is 13.9 Å². The van der Waals surface area contributed by atoms with Gasteiger partial charge in [-0.05, 0) is 17.5 Å². The van der Waals surface area contributed by atoms with E-state index in [1.54, 1.807) is 35.5 Å². The number of hydrogen-bond donors (Lipinski definition) is 0. The van der Waals surface area contributed by atoms with Gasteiger partial charge < -0.3 is 9.15 Å². The highest BCUT2D eigenvalue weighted by Gasteiger charge is 2.16. The Balaban J connectivity index is 1.82. The van der Waals surface area contributed by atoms with Gasteiger partial charge in [-0.2, -0.15) is 0 Å². The number of hydrogen-bond acceptors (Lipinski definition) is 7. The van der Waals surface area contributed by atoms with E-state index in [0.717, 1.165) is 20.8 Å². The maximum absolute atomic E-state index is 11.5. The molecule has 3 rings (SSSR count). The van der Waals surface area contributed by atoms with E-state index in [-0.39, 0.29) is 5.76 Å². The van der Waals surface area contributed by atoms with Gasteiger partial charge >= 0.3 is 5.97 Å². The highest BCUT2D eigenvalue weighted by atomic mass is 32.2. The Hall–Kier alpha value is -1.86. The minimum atomic E-state index is -0.464. The standard InChI is InChI=1S/C13H10N2O3S2/c1-17-13(16)10-8(2-4-18-10)6-20-12-9-3-5-19-11(9)14-7-15-12/h2-5,7H,6H2,1H3. The van der Waals surface area contributed by atoms with Gasteiger partial charge in [0.2, 0.25) is 5.76 Å². The van der Waals surface area contributed by atoms with Crippen molar-refractivity contribution in [3.8, 4) is 0 Å². The molecule has 0 bridgehead atoms. The number of ether oxygens (including phenoxy) is 1. The number of fused-ring (bicyclic) bond motifs is 1. The monoisotopic (exact) mass is 306 g/mol. The lowest BCUT2D eigenvalue weighted by molar-refractivity contribution is 0.0564. The molecule has 3 aromatic rings. The van der Waals surface area contributed by atoms with E-state index in [4.69, 9.17) is 4.42 Å². The molecule has 0 saturated carbocycles. The molecular formula is C13H10N2O3S2. The minimum Gasteiger partial charge on any atom is -0.463 e. The van der Waals surface area contributed by atoms with Gasteiger partial charge in [-0.15, -0.1) is 23.1 Å². The van der Waals surface area contributed by atoms with Crippen molar-refractivity contribution in [3.63, 3.8) is 0 Å². The number of carbonyl (C=O) groups is 1. The number of thioether (sulfide) groups is 1. The molecule has 0 amide bonds. The lowest BCUT2D eigenvalue weighted by Crippen LogP contribution is -2.02. The van der Waals surface area contributed by atoms with Gasteiger partial charge in [-0.25, -0.2) is 14.8 Å². The zero-order valence-corrected chi connectivity index (χ0v) is 12.2. The Labute approximate surface area is 123 Å². The average molecular weight is 306 g/mol. The van der Waals surface area contributed by atoms with E-state index in [2.05, 4.69) is 14.7 Å². The van der Waals surface area contributed by atoms with E-state index in [1.165, 1.54) is 13.4 Å². The molecule has 3 aromatic heterocycles. The number of aromatic nitrogens is 2. The molecule has 3 heterocycles. The van der Waals surface area contributed by atoms with Gasteiger partial charge in [-0.1, -0.05) is 0 Å². The molecule has 0 radical (unpaired) electrons. The predicted molar refractivity (Wildman–Crippen MR) is 77.0 cm³/mol. The summed E-state index contributed by atoms with van der Waals surface area (Å²) >= 11 is 3.12. The number of esters is 1. The third-order valence-electron chi connectivity index (χ3n) is 2.71. The summed E-state index contributed by atoms with van der Waals surface area (Å²) in [4.78, 5) is 21.0. The summed E-state index contributed by atoms with van der Waals surface area (Å²) in [6.07, 6.45) is 3.04. The highest BCUT2D eigenvalue weighted by molar-refractivity contribution is 7.98. The Morgan fingerprint density at radius 3 is 3.20 bits per heavy atom. The SMILES string of the molecule is COC(=O)c1occc1CSc1ncnc2sccc12. The lowest BCUT2D eigenvalue weighted by Gasteiger charge is -2.02. The summed E-state index contributed by atoms with van der Waals surface area (Å²) in [6, 6.07) is 3.77. The number of methoxy groups -OCH3 is 1. The molecule has 0 unspecified atom stereocenters. The Morgan fingerprint density at radius 2 is 2.35 bits per heavy atom. The summed E-state index contributed by atoms with van der Waals surface area (Å²) in [5.74, 6) is 0.368. The number of furan rings is 1. The van der Waals surface area contributed by atoms with E-state index >= 15 is 0 Å². The van der Waals surface area contributed by atoms with Gasteiger partial charge in [-0.3, -0.25) is 0 Å². The van der Waals surface area contributed by atoms with Gasteiger partial charge in [0.25, 0.3) is 0 Å². The summed E-state index contributed by atoms with van der Waals surface area (Å²) in [5, 5.41) is 3.92. The van der Waals surface area contributed by atoms with E-state index in [9.17, 15) is 4.79 Å². The van der Waals surface area contributed by atoms with Crippen molar-refractivity contribution in [3.05, 3.63) is 41.4 Å². The summed E-state index contributed by atoms with van der Waals surface area (Å²) < 4.78 is 9.84. The average Bonchev–Trinajstić information content (AvgIpc) is 3.12. The van der Waals surface area contributed by atoms with Crippen LogP contribution < -0.4 is 0 Å². The lowest BCUT2D eigenvalue weighted by atomic mass is 10.3. The maximum atomic E-state index is 11.5. The maximum Gasteiger partial charge on any atom is 0.374 e. The fourth-order valence-corrected chi connectivity index (χ4v) is 3.51. The quantitative estimate of drug-likeness (QED) is 0.418. The number of carbonyl (C=O) groups excluding carboxylic acids is 1. The molecule has 0 spiro atoms. The summed E-state index contributed by atoms with van der Waals surface area (Å²) in [6.45, 7) is 0. The molecule has 7 heteroatoms. The second-order valence-corrected chi connectivity index (χ2v) is 5.73. The Bertz CT molecular complexity index is 751. The summed E-state index contributed by atoms with van der Waals surface area (Å²) in [7, 11) is 1.33. The highest BCUT2D eigenvalue weighted by Crippen LogP contribution is 2.30. The van der Waals surface area contributed by atoms with Gasteiger partial charge in [0, 0.05) is 16.7 Å². The first kappa shape index (κ1) is 13.1. The van der Waals surface area contributed by atoms with Crippen molar-refractivity contribution in [1.29, 1.82) is 0 Å². The van der Waals surface area contributed by atoms with Crippen LogP contribution in [0, 0.1) is 0 Å². The Morgan fingerprint density at radius 1 is 1.45 bits per heavy atom. The molecule has 0 aliphatic rings. The second kappa shape index (κ2) is 5.64. The zero-order valence-electron chi connectivity index (χ0n) is 10.5. The smallest absolute Gasteiger partial charge is 0.374 e. The zero-order chi connectivity index (χ0) is 13.9. The first-order valence-electron chi connectivity index (χ1n) is 5.75. The summed E-state index contributed by atoms with van der Waals surface area (Å²) in [5.41, 5.74) is 0.795. The van der Waals surface area contributed by atoms with Crippen LogP contribution in [0.1, 0.15) is 16.1 Å². The number of nitrogens with zero attached hydrogens (tertiary/aromatic N) is 2. The van der Waals surface area contributed by atoms with Crippen molar-refractivity contribution >= 4 is 39.3 Å². The van der Waals surface area contributed by atoms with Crippen LogP contribution >= 0.6 is 23.1 Å². The van der Waals surface area contributed by atoms with E-state index in [1.807, 2.05) is 11.4 Å². The van der Waals surface area contributed by atoms with Crippen LogP contribution in [-0.2, 0) is 10.5 Å². The first-order valence-corrected chi connectivity index (χ1v) is 7.62. The van der Waals surface area contributed by atoms with Crippen LogP contribution in [0.25, 0.3) is 10.2 Å². The second-order valence-electron chi connectivity index (χ2n) is 3.87. The molecule has 5 nitrogen and oxygen atoms in total. The predicted octanol–water partition coefficient (Wildman–Crippen LogP) is 3.36. The fourth-order valence-electron chi connectivity index (χ4n) is 1.75. The van der Waals surface area contributed by atoms with Gasteiger partial charge in [0.05, 0.1) is 13.4 Å². The van der Waals surface area contributed by atoms with Crippen molar-refractivity contribution in [2.45, 2.75) is 10.8 Å². The molecular weight excluding hydrogens is 296 g/mol. The molecule has 0 aliphatic heterocycles.